The molecule has 0 bridgehead atoms. The molecule has 19 heavy (non-hydrogen) atoms. The van der Waals surface area contributed by atoms with Gasteiger partial charge in [-0.2, -0.15) is 0 Å². The molecule has 7 nitrogen and oxygen atoms in total. The van der Waals surface area contributed by atoms with Crippen LogP contribution in [0.3, 0.4) is 0 Å². The average Bonchev–Trinajstić information content (AvgIpc) is 2.78. The number of nitrogens with zero attached hydrogens (tertiary/aromatic N) is 4. The standard InChI is InChI=1S/C11H12ClN5O2/c12-10-5-8-11(15-14-10)9(17(18)19)6-16(8)7-1-3-13-4-2-7/h5-7,13H,1-4H2. The van der Waals surface area contributed by atoms with Crippen molar-refractivity contribution in [3.63, 3.8) is 0 Å². The van der Waals surface area contributed by atoms with E-state index in [9.17, 15) is 10.1 Å². The lowest BCUT2D eigenvalue weighted by molar-refractivity contribution is -0.383. The highest BCUT2D eigenvalue weighted by Crippen LogP contribution is 2.32. The Kier molecular flexibility index (Phi) is 3.08. The first-order valence-electron chi connectivity index (χ1n) is 6.05. The third kappa shape index (κ3) is 2.15. The molecule has 0 amide bonds. The van der Waals surface area contributed by atoms with E-state index in [0.29, 0.717) is 11.0 Å². The summed E-state index contributed by atoms with van der Waals surface area (Å²) in [5, 5.41) is 22.1. The van der Waals surface area contributed by atoms with E-state index in [2.05, 4.69) is 15.5 Å². The molecule has 3 rings (SSSR count). The minimum absolute atomic E-state index is 0.0160. The molecule has 3 heterocycles. The van der Waals surface area contributed by atoms with Gasteiger partial charge in [-0.3, -0.25) is 10.1 Å². The fourth-order valence-electron chi connectivity index (χ4n) is 2.52. The van der Waals surface area contributed by atoms with E-state index >= 15 is 0 Å². The van der Waals surface area contributed by atoms with Gasteiger partial charge < -0.3 is 9.88 Å². The quantitative estimate of drug-likeness (QED) is 0.671. The maximum atomic E-state index is 11.1. The maximum Gasteiger partial charge on any atom is 0.314 e. The number of piperidine rings is 1. The molecule has 0 spiro atoms. The molecule has 0 aromatic carbocycles. The van der Waals surface area contributed by atoms with Gasteiger partial charge in [0.15, 0.2) is 10.7 Å². The summed E-state index contributed by atoms with van der Waals surface area (Å²) in [6.07, 6.45) is 3.41. The Labute approximate surface area is 113 Å². The van der Waals surface area contributed by atoms with E-state index in [1.807, 2.05) is 4.57 Å². The van der Waals surface area contributed by atoms with Crippen LogP contribution in [0.1, 0.15) is 18.9 Å². The van der Waals surface area contributed by atoms with Crippen molar-refractivity contribution in [2.24, 2.45) is 0 Å². The van der Waals surface area contributed by atoms with Crippen LogP contribution in [0.15, 0.2) is 12.3 Å². The monoisotopic (exact) mass is 281 g/mol. The summed E-state index contributed by atoms with van der Waals surface area (Å²) in [4.78, 5) is 10.6. The van der Waals surface area contributed by atoms with Crippen molar-refractivity contribution in [2.75, 3.05) is 13.1 Å². The van der Waals surface area contributed by atoms with Gasteiger partial charge in [-0.25, -0.2) is 0 Å². The minimum Gasteiger partial charge on any atom is -0.336 e. The molecule has 1 fully saturated rings. The Bertz CT molecular complexity index is 635. The Morgan fingerprint density at radius 3 is 2.84 bits per heavy atom. The van der Waals surface area contributed by atoms with E-state index in [4.69, 9.17) is 11.6 Å². The lowest BCUT2D eigenvalue weighted by Crippen LogP contribution is -2.29. The lowest BCUT2D eigenvalue weighted by atomic mass is 10.1. The van der Waals surface area contributed by atoms with Crippen molar-refractivity contribution in [1.82, 2.24) is 20.1 Å². The zero-order valence-electron chi connectivity index (χ0n) is 10.0. The summed E-state index contributed by atoms with van der Waals surface area (Å²) < 4.78 is 1.91. The first kappa shape index (κ1) is 12.3. The van der Waals surface area contributed by atoms with Gasteiger partial charge >= 0.3 is 5.69 Å². The van der Waals surface area contributed by atoms with Crippen LogP contribution >= 0.6 is 11.6 Å². The number of aromatic nitrogens is 3. The van der Waals surface area contributed by atoms with Crippen LogP contribution in [0.2, 0.25) is 5.15 Å². The van der Waals surface area contributed by atoms with Gasteiger partial charge in [0.25, 0.3) is 0 Å². The third-order valence-electron chi connectivity index (χ3n) is 3.42. The van der Waals surface area contributed by atoms with Crippen molar-refractivity contribution in [1.29, 1.82) is 0 Å². The van der Waals surface area contributed by atoms with Crippen LogP contribution in [-0.4, -0.2) is 32.8 Å². The van der Waals surface area contributed by atoms with Crippen molar-refractivity contribution in [3.05, 3.63) is 27.5 Å². The van der Waals surface area contributed by atoms with Crippen molar-refractivity contribution in [2.45, 2.75) is 18.9 Å². The summed E-state index contributed by atoms with van der Waals surface area (Å²) in [5.74, 6) is 0. The van der Waals surface area contributed by atoms with Crippen LogP contribution in [0.25, 0.3) is 11.0 Å². The van der Waals surface area contributed by atoms with Crippen LogP contribution < -0.4 is 5.32 Å². The van der Waals surface area contributed by atoms with Gasteiger partial charge in [-0.05, 0) is 25.9 Å². The Morgan fingerprint density at radius 2 is 2.16 bits per heavy atom. The Hall–Kier alpha value is -1.73. The third-order valence-corrected chi connectivity index (χ3v) is 3.61. The second kappa shape index (κ2) is 4.75. The van der Waals surface area contributed by atoms with E-state index in [0.717, 1.165) is 25.9 Å². The number of hydrogen-bond donors (Lipinski definition) is 1. The van der Waals surface area contributed by atoms with Crippen LogP contribution in [0.5, 0.6) is 0 Å². The second-order valence-corrected chi connectivity index (χ2v) is 4.95. The number of halogens is 1. The van der Waals surface area contributed by atoms with E-state index in [1.165, 1.54) is 0 Å². The van der Waals surface area contributed by atoms with Crippen molar-refractivity contribution >= 4 is 28.3 Å². The van der Waals surface area contributed by atoms with Gasteiger partial charge in [-0.1, -0.05) is 11.6 Å². The van der Waals surface area contributed by atoms with Gasteiger partial charge in [0.2, 0.25) is 0 Å². The molecule has 0 aliphatic carbocycles. The smallest absolute Gasteiger partial charge is 0.314 e. The van der Waals surface area contributed by atoms with E-state index < -0.39 is 4.92 Å². The Morgan fingerprint density at radius 1 is 1.42 bits per heavy atom. The number of fused-ring (bicyclic) bond motifs is 1. The topological polar surface area (TPSA) is 85.9 Å². The predicted octanol–water partition coefficient (Wildman–Crippen LogP) is 1.92. The molecular formula is C11H12ClN5O2. The molecule has 0 saturated carbocycles. The first-order chi connectivity index (χ1) is 9.16. The van der Waals surface area contributed by atoms with Gasteiger partial charge in [0.05, 0.1) is 16.6 Å². The maximum absolute atomic E-state index is 11.1. The SMILES string of the molecule is O=[N+]([O-])c1cn(C2CCNCC2)c2cc(Cl)nnc12. The Balaban J connectivity index is 2.17. The minimum atomic E-state index is -0.428. The normalized spacial score (nSPS) is 16.9. The molecule has 1 saturated heterocycles. The molecule has 2 aromatic heterocycles. The van der Waals surface area contributed by atoms with Crippen molar-refractivity contribution in [3.8, 4) is 0 Å². The average molecular weight is 282 g/mol. The fourth-order valence-corrected chi connectivity index (χ4v) is 2.66. The highest BCUT2D eigenvalue weighted by atomic mass is 35.5. The second-order valence-electron chi connectivity index (χ2n) is 4.56. The lowest BCUT2D eigenvalue weighted by Gasteiger charge is -2.24. The summed E-state index contributed by atoms with van der Waals surface area (Å²) in [7, 11) is 0. The molecule has 1 aliphatic heterocycles. The van der Waals surface area contributed by atoms with Gasteiger partial charge in [-0.15, -0.1) is 10.2 Å². The largest absolute Gasteiger partial charge is 0.336 e. The van der Waals surface area contributed by atoms with Gasteiger partial charge in [0, 0.05) is 12.1 Å². The molecule has 0 atom stereocenters. The van der Waals surface area contributed by atoms with Crippen LogP contribution in [0.4, 0.5) is 5.69 Å². The van der Waals surface area contributed by atoms with Crippen molar-refractivity contribution < 1.29 is 4.92 Å². The zero-order valence-corrected chi connectivity index (χ0v) is 10.8. The molecule has 2 aromatic rings. The highest BCUT2D eigenvalue weighted by Gasteiger charge is 2.24. The zero-order chi connectivity index (χ0) is 13.4. The summed E-state index contributed by atoms with van der Waals surface area (Å²) in [6, 6.07) is 1.87. The highest BCUT2D eigenvalue weighted by molar-refractivity contribution is 6.29. The first-order valence-corrected chi connectivity index (χ1v) is 6.43. The fraction of sp³-hybridized carbons (Fsp3) is 0.455. The molecule has 1 N–H and O–H groups in total. The van der Waals surface area contributed by atoms with E-state index in [-0.39, 0.29) is 16.9 Å². The molecule has 100 valence electrons. The number of rotatable bonds is 2. The van der Waals surface area contributed by atoms with E-state index in [1.54, 1.807) is 12.3 Å². The number of hydrogen-bond acceptors (Lipinski definition) is 5. The predicted molar refractivity (Wildman–Crippen MR) is 70.3 cm³/mol. The summed E-state index contributed by atoms with van der Waals surface area (Å²) in [5.41, 5.74) is 0.962. The van der Waals surface area contributed by atoms with Crippen LogP contribution in [0, 0.1) is 10.1 Å². The molecule has 8 heteroatoms. The van der Waals surface area contributed by atoms with Crippen LogP contribution in [-0.2, 0) is 0 Å². The molecule has 0 unspecified atom stereocenters. The summed E-state index contributed by atoms with van der Waals surface area (Å²) in [6.45, 7) is 1.81. The summed E-state index contributed by atoms with van der Waals surface area (Å²) >= 11 is 5.85. The number of nitrogens with one attached hydrogen (secondary N) is 1. The molecule has 1 aliphatic rings. The molecular weight excluding hydrogens is 270 g/mol. The number of nitro groups is 1. The molecule has 0 radical (unpaired) electrons. The van der Waals surface area contributed by atoms with Gasteiger partial charge in [0.1, 0.15) is 0 Å².